The van der Waals surface area contributed by atoms with Gasteiger partial charge >= 0.3 is 0 Å². The van der Waals surface area contributed by atoms with E-state index in [1.54, 1.807) is 38.1 Å². The molecule has 0 aliphatic heterocycles. The van der Waals surface area contributed by atoms with Crippen molar-refractivity contribution < 1.29 is 13.2 Å². The van der Waals surface area contributed by atoms with Gasteiger partial charge in [0.15, 0.2) is 0 Å². The molecule has 1 aromatic rings. The van der Waals surface area contributed by atoms with Gasteiger partial charge in [0.2, 0.25) is 15.9 Å². The highest BCUT2D eigenvalue weighted by molar-refractivity contribution is 7.89. The standard InChI is InChI=1S/C16H26N2O3S/c1-12(2)11-17-16(19)10-7-14-5-8-15(9-6-14)22(20,21)18-13(3)4/h5-6,8-9,12-13,18H,7,10-11H2,1-4H3,(H,17,19). The van der Waals surface area contributed by atoms with Crippen LogP contribution in [0.15, 0.2) is 29.2 Å². The third-order valence-electron chi connectivity index (χ3n) is 2.97. The van der Waals surface area contributed by atoms with Crippen molar-refractivity contribution >= 4 is 15.9 Å². The summed E-state index contributed by atoms with van der Waals surface area (Å²) in [6, 6.07) is 6.52. The highest BCUT2D eigenvalue weighted by Gasteiger charge is 2.14. The summed E-state index contributed by atoms with van der Waals surface area (Å²) >= 11 is 0. The maximum Gasteiger partial charge on any atom is 0.240 e. The monoisotopic (exact) mass is 326 g/mol. The summed E-state index contributed by atoms with van der Waals surface area (Å²) in [5, 5.41) is 2.86. The lowest BCUT2D eigenvalue weighted by Gasteiger charge is -2.10. The van der Waals surface area contributed by atoms with Gasteiger partial charge in [-0.2, -0.15) is 0 Å². The fourth-order valence-corrected chi connectivity index (χ4v) is 3.13. The SMILES string of the molecule is CC(C)CNC(=O)CCc1ccc(S(=O)(=O)NC(C)C)cc1. The lowest BCUT2D eigenvalue weighted by molar-refractivity contribution is -0.121. The fourth-order valence-electron chi connectivity index (χ4n) is 1.88. The lowest BCUT2D eigenvalue weighted by Crippen LogP contribution is -2.30. The third kappa shape index (κ3) is 6.58. The molecule has 0 aliphatic carbocycles. The molecule has 0 unspecified atom stereocenters. The van der Waals surface area contributed by atoms with Crippen molar-refractivity contribution in [3.63, 3.8) is 0 Å². The van der Waals surface area contributed by atoms with Crippen LogP contribution in [0.1, 0.15) is 39.7 Å². The van der Waals surface area contributed by atoms with Crippen LogP contribution >= 0.6 is 0 Å². The van der Waals surface area contributed by atoms with Gasteiger partial charge in [-0.1, -0.05) is 26.0 Å². The first-order valence-corrected chi connectivity index (χ1v) is 9.07. The molecule has 6 heteroatoms. The van der Waals surface area contributed by atoms with E-state index in [4.69, 9.17) is 0 Å². The summed E-state index contributed by atoms with van der Waals surface area (Å²) in [4.78, 5) is 11.9. The zero-order valence-electron chi connectivity index (χ0n) is 13.7. The number of carbonyl (C=O) groups is 1. The van der Waals surface area contributed by atoms with E-state index in [2.05, 4.69) is 10.0 Å². The van der Waals surface area contributed by atoms with Crippen molar-refractivity contribution in [2.24, 2.45) is 5.92 Å². The minimum Gasteiger partial charge on any atom is -0.356 e. The Morgan fingerprint density at radius 1 is 1.09 bits per heavy atom. The Hall–Kier alpha value is -1.40. The molecular formula is C16H26N2O3S. The summed E-state index contributed by atoms with van der Waals surface area (Å²) < 4.78 is 26.5. The first-order valence-electron chi connectivity index (χ1n) is 7.58. The summed E-state index contributed by atoms with van der Waals surface area (Å²) in [5.74, 6) is 0.453. The van der Waals surface area contributed by atoms with Gasteiger partial charge in [0.05, 0.1) is 4.90 Å². The van der Waals surface area contributed by atoms with E-state index >= 15 is 0 Å². The normalized spacial score (nSPS) is 11.9. The Morgan fingerprint density at radius 3 is 2.18 bits per heavy atom. The number of hydrogen-bond donors (Lipinski definition) is 2. The predicted molar refractivity (Wildman–Crippen MR) is 88.1 cm³/mol. The zero-order chi connectivity index (χ0) is 16.8. The average molecular weight is 326 g/mol. The third-order valence-corrected chi connectivity index (χ3v) is 4.65. The van der Waals surface area contributed by atoms with E-state index < -0.39 is 10.0 Å². The van der Waals surface area contributed by atoms with Crippen LogP contribution in [0.4, 0.5) is 0 Å². The fraction of sp³-hybridized carbons (Fsp3) is 0.562. The van der Waals surface area contributed by atoms with E-state index in [0.29, 0.717) is 25.3 Å². The minimum atomic E-state index is -3.46. The van der Waals surface area contributed by atoms with Crippen molar-refractivity contribution in [3.8, 4) is 0 Å². The Morgan fingerprint density at radius 2 is 1.68 bits per heavy atom. The maximum atomic E-state index is 12.0. The molecule has 0 saturated heterocycles. The van der Waals surface area contributed by atoms with Crippen LogP contribution in [-0.2, 0) is 21.2 Å². The summed E-state index contributed by atoms with van der Waals surface area (Å²) in [5.41, 5.74) is 0.947. The van der Waals surface area contributed by atoms with Gasteiger partial charge in [-0.15, -0.1) is 0 Å². The quantitative estimate of drug-likeness (QED) is 0.768. The molecule has 0 atom stereocenters. The lowest BCUT2D eigenvalue weighted by atomic mass is 10.1. The molecule has 0 radical (unpaired) electrons. The van der Waals surface area contributed by atoms with Gasteiger partial charge in [-0.05, 0) is 43.9 Å². The predicted octanol–water partition coefficient (Wildman–Crippen LogP) is 2.08. The van der Waals surface area contributed by atoms with Crippen LogP contribution in [0, 0.1) is 5.92 Å². The summed E-state index contributed by atoms with van der Waals surface area (Å²) in [6.07, 6.45) is 1.00. The van der Waals surface area contributed by atoms with Gasteiger partial charge in [-0.3, -0.25) is 4.79 Å². The molecule has 0 fully saturated rings. The highest BCUT2D eigenvalue weighted by Crippen LogP contribution is 2.12. The molecule has 2 N–H and O–H groups in total. The van der Waals surface area contributed by atoms with Crippen LogP contribution in [0.5, 0.6) is 0 Å². The molecule has 0 saturated carbocycles. The molecule has 0 aromatic heterocycles. The number of aryl methyl sites for hydroxylation is 1. The molecular weight excluding hydrogens is 300 g/mol. The Bertz CT molecular complexity index is 578. The van der Waals surface area contributed by atoms with E-state index in [9.17, 15) is 13.2 Å². The molecule has 5 nitrogen and oxygen atoms in total. The maximum absolute atomic E-state index is 12.0. The molecule has 0 aliphatic rings. The Balaban J connectivity index is 2.57. The molecule has 0 spiro atoms. The van der Waals surface area contributed by atoms with E-state index in [1.165, 1.54) is 0 Å². The van der Waals surface area contributed by atoms with Crippen LogP contribution in [0.3, 0.4) is 0 Å². The van der Waals surface area contributed by atoms with E-state index in [-0.39, 0.29) is 16.8 Å². The smallest absolute Gasteiger partial charge is 0.240 e. The highest BCUT2D eigenvalue weighted by atomic mass is 32.2. The van der Waals surface area contributed by atoms with Gasteiger partial charge < -0.3 is 5.32 Å². The topological polar surface area (TPSA) is 75.3 Å². The van der Waals surface area contributed by atoms with Gasteiger partial charge in [0.25, 0.3) is 0 Å². The van der Waals surface area contributed by atoms with Gasteiger partial charge in [-0.25, -0.2) is 13.1 Å². The largest absolute Gasteiger partial charge is 0.356 e. The molecule has 1 rings (SSSR count). The molecule has 22 heavy (non-hydrogen) atoms. The minimum absolute atomic E-state index is 0.0203. The van der Waals surface area contributed by atoms with Crippen molar-refractivity contribution in [1.82, 2.24) is 10.0 Å². The number of rotatable bonds is 8. The number of hydrogen-bond acceptors (Lipinski definition) is 3. The Kier molecular flexibility index (Phi) is 7.03. The molecule has 1 aromatic carbocycles. The number of benzene rings is 1. The van der Waals surface area contributed by atoms with E-state index in [0.717, 1.165) is 5.56 Å². The second kappa shape index (κ2) is 8.29. The average Bonchev–Trinajstić information content (AvgIpc) is 2.42. The second-order valence-electron chi connectivity index (χ2n) is 6.12. The molecule has 0 heterocycles. The number of carbonyl (C=O) groups excluding carboxylic acids is 1. The molecule has 0 bridgehead atoms. The molecule has 124 valence electrons. The number of nitrogens with one attached hydrogen (secondary N) is 2. The number of sulfonamides is 1. The van der Waals surface area contributed by atoms with Crippen molar-refractivity contribution in [2.45, 2.75) is 51.5 Å². The van der Waals surface area contributed by atoms with Gasteiger partial charge in [0, 0.05) is 19.0 Å². The number of amides is 1. The van der Waals surface area contributed by atoms with Crippen LogP contribution in [0.2, 0.25) is 0 Å². The van der Waals surface area contributed by atoms with Crippen LogP contribution in [0.25, 0.3) is 0 Å². The summed E-state index contributed by atoms with van der Waals surface area (Å²) in [6.45, 7) is 8.33. The van der Waals surface area contributed by atoms with E-state index in [1.807, 2.05) is 13.8 Å². The Labute approximate surface area is 133 Å². The summed E-state index contributed by atoms with van der Waals surface area (Å²) in [7, 11) is -3.46. The van der Waals surface area contributed by atoms with Gasteiger partial charge in [0.1, 0.15) is 0 Å². The van der Waals surface area contributed by atoms with Crippen LogP contribution < -0.4 is 10.0 Å². The van der Waals surface area contributed by atoms with Crippen molar-refractivity contribution in [3.05, 3.63) is 29.8 Å². The van der Waals surface area contributed by atoms with Crippen molar-refractivity contribution in [1.29, 1.82) is 0 Å². The van der Waals surface area contributed by atoms with Crippen LogP contribution in [-0.4, -0.2) is 26.9 Å². The first kappa shape index (κ1) is 18.6. The van der Waals surface area contributed by atoms with Crippen molar-refractivity contribution in [2.75, 3.05) is 6.54 Å². The zero-order valence-corrected chi connectivity index (χ0v) is 14.5. The second-order valence-corrected chi connectivity index (χ2v) is 7.83. The first-order chi connectivity index (χ1) is 10.2. The molecule has 1 amide bonds.